The van der Waals surface area contributed by atoms with Crippen LogP contribution in [0.25, 0.3) is 0 Å². The van der Waals surface area contributed by atoms with Crippen molar-refractivity contribution in [2.75, 3.05) is 6.54 Å². The maximum atomic E-state index is 12.7. The van der Waals surface area contributed by atoms with Gasteiger partial charge >= 0.3 is 0 Å². The van der Waals surface area contributed by atoms with E-state index in [1.165, 1.54) is 12.8 Å². The highest BCUT2D eigenvalue weighted by Gasteiger charge is 2.37. The van der Waals surface area contributed by atoms with Gasteiger partial charge in [-0.25, -0.2) is 0 Å². The van der Waals surface area contributed by atoms with Crippen LogP contribution in [0.3, 0.4) is 0 Å². The highest BCUT2D eigenvalue weighted by Crippen LogP contribution is 2.35. The van der Waals surface area contributed by atoms with Gasteiger partial charge in [0, 0.05) is 18.9 Å². The summed E-state index contributed by atoms with van der Waals surface area (Å²) in [5.74, 6) is 0.117. The highest BCUT2D eigenvalue weighted by atomic mass is 16.2. The van der Waals surface area contributed by atoms with Crippen molar-refractivity contribution in [3.8, 4) is 0 Å². The second-order valence-electron chi connectivity index (χ2n) is 5.87. The predicted molar refractivity (Wildman–Crippen MR) is 80.0 cm³/mol. The molecule has 0 saturated heterocycles. The molecule has 2 rings (SSSR count). The van der Waals surface area contributed by atoms with Crippen LogP contribution in [0.15, 0.2) is 24.5 Å². The average molecular weight is 275 g/mol. The summed E-state index contributed by atoms with van der Waals surface area (Å²) in [5, 5.41) is 3.14. The molecule has 0 radical (unpaired) electrons. The van der Waals surface area contributed by atoms with Crippen molar-refractivity contribution in [2.24, 2.45) is 11.1 Å². The topological polar surface area (TPSA) is 68.0 Å². The van der Waals surface area contributed by atoms with Crippen molar-refractivity contribution < 1.29 is 4.79 Å². The van der Waals surface area contributed by atoms with Crippen molar-refractivity contribution in [3.63, 3.8) is 0 Å². The predicted octanol–water partition coefficient (Wildman–Crippen LogP) is 2.56. The summed E-state index contributed by atoms with van der Waals surface area (Å²) in [6, 6.07) is 3.87. The molecule has 1 aliphatic rings. The molecule has 1 heterocycles. The van der Waals surface area contributed by atoms with Gasteiger partial charge in [-0.3, -0.25) is 9.78 Å². The molecule has 3 N–H and O–H groups in total. The Morgan fingerprint density at radius 1 is 1.30 bits per heavy atom. The first-order valence-corrected chi connectivity index (χ1v) is 7.59. The standard InChI is InChI=1S/C16H25N3O/c1-13(14-6-10-18-11-7-14)19-15(20)16(12-17)8-4-2-3-5-9-16/h6-7,10-11,13H,2-5,8-9,12,17H2,1H3,(H,19,20)/t13-/m0/s1. The van der Waals surface area contributed by atoms with E-state index in [0.29, 0.717) is 6.54 Å². The van der Waals surface area contributed by atoms with Crippen LogP contribution in [-0.4, -0.2) is 17.4 Å². The van der Waals surface area contributed by atoms with E-state index in [2.05, 4.69) is 10.3 Å². The number of amides is 1. The van der Waals surface area contributed by atoms with Crippen LogP contribution in [0.5, 0.6) is 0 Å². The number of nitrogens with two attached hydrogens (primary N) is 1. The van der Waals surface area contributed by atoms with Crippen molar-refractivity contribution in [1.29, 1.82) is 0 Å². The lowest BCUT2D eigenvalue weighted by atomic mass is 9.79. The number of pyridine rings is 1. The molecular formula is C16H25N3O. The van der Waals surface area contributed by atoms with Crippen molar-refractivity contribution >= 4 is 5.91 Å². The van der Waals surface area contributed by atoms with Gasteiger partial charge < -0.3 is 11.1 Å². The third-order valence-corrected chi connectivity index (χ3v) is 4.49. The van der Waals surface area contributed by atoms with E-state index in [4.69, 9.17) is 5.73 Å². The second kappa shape index (κ2) is 6.84. The average Bonchev–Trinajstić information content (AvgIpc) is 2.74. The Labute approximate surface area is 121 Å². The van der Waals surface area contributed by atoms with Crippen molar-refractivity contribution in [1.82, 2.24) is 10.3 Å². The van der Waals surface area contributed by atoms with Gasteiger partial charge in [0.2, 0.25) is 5.91 Å². The lowest BCUT2D eigenvalue weighted by Crippen LogP contribution is -2.46. The van der Waals surface area contributed by atoms with E-state index in [-0.39, 0.29) is 17.4 Å². The fourth-order valence-electron chi connectivity index (χ4n) is 3.01. The van der Waals surface area contributed by atoms with Crippen molar-refractivity contribution in [2.45, 2.75) is 51.5 Å². The second-order valence-corrected chi connectivity index (χ2v) is 5.87. The number of carbonyl (C=O) groups excluding carboxylic acids is 1. The summed E-state index contributed by atoms with van der Waals surface area (Å²) in [6.07, 6.45) is 9.98. The molecule has 1 aliphatic carbocycles. The molecule has 0 unspecified atom stereocenters. The van der Waals surface area contributed by atoms with E-state index < -0.39 is 0 Å². The maximum Gasteiger partial charge on any atom is 0.227 e. The molecule has 1 fully saturated rings. The number of nitrogens with one attached hydrogen (secondary N) is 1. The molecule has 1 atom stereocenters. The largest absolute Gasteiger partial charge is 0.349 e. The molecule has 1 saturated carbocycles. The quantitative estimate of drug-likeness (QED) is 0.830. The Morgan fingerprint density at radius 3 is 2.45 bits per heavy atom. The van der Waals surface area contributed by atoms with Gasteiger partial charge in [0.05, 0.1) is 11.5 Å². The van der Waals surface area contributed by atoms with Crippen LogP contribution in [0, 0.1) is 5.41 Å². The molecule has 0 aromatic carbocycles. The van der Waals surface area contributed by atoms with Gasteiger partial charge in [-0.1, -0.05) is 25.7 Å². The lowest BCUT2D eigenvalue weighted by Gasteiger charge is -2.31. The zero-order valence-corrected chi connectivity index (χ0v) is 12.3. The zero-order chi connectivity index (χ0) is 14.4. The Balaban J connectivity index is 2.05. The van der Waals surface area contributed by atoms with Crippen LogP contribution in [-0.2, 0) is 4.79 Å². The number of carbonyl (C=O) groups is 1. The summed E-state index contributed by atoms with van der Waals surface area (Å²) in [4.78, 5) is 16.7. The van der Waals surface area contributed by atoms with E-state index >= 15 is 0 Å². The SMILES string of the molecule is C[C@H](NC(=O)C1(CN)CCCCCC1)c1ccncc1. The summed E-state index contributed by atoms with van der Waals surface area (Å²) < 4.78 is 0. The zero-order valence-electron chi connectivity index (χ0n) is 12.3. The Morgan fingerprint density at radius 2 is 1.90 bits per heavy atom. The summed E-state index contributed by atoms with van der Waals surface area (Å²) >= 11 is 0. The van der Waals surface area contributed by atoms with E-state index in [9.17, 15) is 4.79 Å². The minimum atomic E-state index is -0.363. The molecule has 0 bridgehead atoms. The number of nitrogens with zero attached hydrogens (tertiary/aromatic N) is 1. The van der Waals surface area contributed by atoms with Crippen LogP contribution in [0.4, 0.5) is 0 Å². The third-order valence-electron chi connectivity index (χ3n) is 4.49. The fraction of sp³-hybridized carbons (Fsp3) is 0.625. The van der Waals surface area contributed by atoms with Gasteiger partial charge in [0.15, 0.2) is 0 Å². The van der Waals surface area contributed by atoms with Gasteiger partial charge in [-0.15, -0.1) is 0 Å². The van der Waals surface area contributed by atoms with E-state index in [0.717, 1.165) is 31.2 Å². The summed E-state index contributed by atoms with van der Waals surface area (Å²) in [7, 11) is 0. The lowest BCUT2D eigenvalue weighted by molar-refractivity contribution is -0.132. The Hall–Kier alpha value is -1.42. The molecule has 110 valence electrons. The number of hydrogen-bond donors (Lipinski definition) is 2. The van der Waals surface area contributed by atoms with E-state index in [1.54, 1.807) is 12.4 Å². The Kier molecular flexibility index (Phi) is 5.12. The molecular weight excluding hydrogens is 250 g/mol. The normalized spacial score (nSPS) is 19.9. The van der Waals surface area contributed by atoms with E-state index in [1.807, 2.05) is 19.1 Å². The first-order chi connectivity index (χ1) is 9.68. The number of aromatic nitrogens is 1. The van der Waals surface area contributed by atoms with Crippen LogP contribution < -0.4 is 11.1 Å². The van der Waals surface area contributed by atoms with Crippen molar-refractivity contribution in [3.05, 3.63) is 30.1 Å². The molecule has 1 aromatic heterocycles. The fourth-order valence-corrected chi connectivity index (χ4v) is 3.01. The van der Waals surface area contributed by atoms with Gasteiger partial charge in [0.1, 0.15) is 0 Å². The first kappa shape index (κ1) is 15.0. The highest BCUT2D eigenvalue weighted by molar-refractivity contribution is 5.83. The van der Waals surface area contributed by atoms with Crippen LogP contribution >= 0.6 is 0 Å². The van der Waals surface area contributed by atoms with Gasteiger partial charge in [-0.05, 0) is 37.5 Å². The maximum absolute atomic E-state index is 12.7. The van der Waals surface area contributed by atoms with Gasteiger partial charge in [0.25, 0.3) is 0 Å². The smallest absolute Gasteiger partial charge is 0.227 e. The van der Waals surface area contributed by atoms with Gasteiger partial charge in [-0.2, -0.15) is 0 Å². The number of hydrogen-bond acceptors (Lipinski definition) is 3. The minimum absolute atomic E-state index is 0.00261. The van der Waals surface area contributed by atoms with Crippen LogP contribution in [0.2, 0.25) is 0 Å². The van der Waals surface area contributed by atoms with Crippen LogP contribution in [0.1, 0.15) is 57.1 Å². The number of rotatable bonds is 4. The monoisotopic (exact) mass is 275 g/mol. The molecule has 1 amide bonds. The Bertz CT molecular complexity index is 425. The molecule has 0 aliphatic heterocycles. The third kappa shape index (κ3) is 3.37. The first-order valence-electron chi connectivity index (χ1n) is 7.59. The molecule has 4 heteroatoms. The molecule has 0 spiro atoms. The summed E-state index contributed by atoms with van der Waals surface area (Å²) in [6.45, 7) is 2.45. The summed E-state index contributed by atoms with van der Waals surface area (Å²) in [5.41, 5.74) is 6.67. The molecule has 20 heavy (non-hydrogen) atoms. The minimum Gasteiger partial charge on any atom is -0.349 e. The molecule has 1 aromatic rings. The molecule has 4 nitrogen and oxygen atoms in total.